The van der Waals surface area contributed by atoms with Crippen LogP contribution in [-0.2, 0) is 19.1 Å². The zero-order valence-electron chi connectivity index (χ0n) is 10.4. The first-order chi connectivity index (χ1) is 8.58. The number of ether oxygens (including phenoxy) is 2. The summed E-state index contributed by atoms with van der Waals surface area (Å²) in [4.78, 5) is 22.3. The first-order valence-corrected chi connectivity index (χ1v) is 6.29. The molecule has 4 nitrogen and oxygen atoms in total. The van der Waals surface area contributed by atoms with E-state index in [-0.39, 0.29) is 47.8 Å². The minimum atomic E-state index is -0.246. The second-order valence-electron chi connectivity index (χ2n) is 5.23. The van der Waals surface area contributed by atoms with Crippen molar-refractivity contribution in [3.8, 4) is 0 Å². The molecule has 0 heterocycles. The quantitative estimate of drug-likeness (QED) is 0.548. The third-order valence-electron chi connectivity index (χ3n) is 4.12. The summed E-state index contributed by atoms with van der Waals surface area (Å²) in [6.07, 6.45) is 8.20. The maximum absolute atomic E-state index is 11.2. The maximum Gasteiger partial charge on any atom is 0.302 e. The van der Waals surface area contributed by atoms with Crippen molar-refractivity contribution in [1.82, 2.24) is 0 Å². The van der Waals surface area contributed by atoms with Crippen LogP contribution in [0, 0.1) is 23.7 Å². The summed E-state index contributed by atoms with van der Waals surface area (Å²) in [5.74, 6) is 0.0565. The summed E-state index contributed by atoms with van der Waals surface area (Å²) in [6.45, 7) is 2.87. The zero-order chi connectivity index (χ0) is 12.9. The van der Waals surface area contributed by atoms with Gasteiger partial charge in [0.05, 0.1) is 0 Å². The van der Waals surface area contributed by atoms with Crippen molar-refractivity contribution >= 4 is 11.9 Å². The summed E-state index contributed by atoms with van der Waals surface area (Å²) in [5.41, 5.74) is 0. The van der Waals surface area contributed by atoms with Crippen molar-refractivity contribution in [1.29, 1.82) is 0 Å². The summed E-state index contributed by atoms with van der Waals surface area (Å²) >= 11 is 0. The first-order valence-electron chi connectivity index (χ1n) is 6.29. The predicted octanol–water partition coefficient (Wildman–Crippen LogP) is 1.47. The molecule has 4 unspecified atom stereocenters. The van der Waals surface area contributed by atoms with E-state index in [1.807, 2.05) is 0 Å². The lowest BCUT2D eigenvalue weighted by atomic mass is 9.73. The van der Waals surface area contributed by atoms with Gasteiger partial charge in [-0.05, 0) is 0 Å². The zero-order valence-corrected chi connectivity index (χ0v) is 10.4. The topological polar surface area (TPSA) is 52.6 Å². The van der Waals surface area contributed by atoms with E-state index < -0.39 is 0 Å². The molecule has 3 aliphatic rings. The number of carbonyl (C=O) groups is 2. The molecule has 18 heavy (non-hydrogen) atoms. The molecule has 0 aromatic carbocycles. The van der Waals surface area contributed by atoms with Gasteiger partial charge in [-0.15, -0.1) is 0 Å². The Morgan fingerprint density at radius 3 is 1.22 bits per heavy atom. The molecule has 4 bridgehead atoms. The molecule has 0 aromatic heterocycles. The SMILES string of the molecule is CC(=O)OC1C2C=CC1C1C=CC2C1OC(C)=O. The van der Waals surface area contributed by atoms with Gasteiger partial charge < -0.3 is 9.47 Å². The Labute approximate surface area is 106 Å². The minimum Gasteiger partial charge on any atom is -0.461 e. The second-order valence-corrected chi connectivity index (χ2v) is 5.23. The molecule has 4 atom stereocenters. The fourth-order valence-electron chi connectivity index (χ4n) is 3.55. The van der Waals surface area contributed by atoms with Crippen LogP contribution in [0.1, 0.15) is 13.8 Å². The third-order valence-corrected chi connectivity index (χ3v) is 4.12. The summed E-state index contributed by atoms with van der Waals surface area (Å²) in [5, 5.41) is 0. The molecule has 0 spiro atoms. The van der Waals surface area contributed by atoms with Crippen LogP contribution >= 0.6 is 0 Å². The average molecular weight is 248 g/mol. The van der Waals surface area contributed by atoms with E-state index in [4.69, 9.17) is 9.47 Å². The lowest BCUT2D eigenvalue weighted by Gasteiger charge is -2.40. The molecule has 3 rings (SSSR count). The lowest BCUT2D eigenvalue weighted by Crippen LogP contribution is -2.47. The lowest BCUT2D eigenvalue weighted by molar-refractivity contribution is -0.167. The Morgan fingerprint density at radius 2 is 1.00 bits per heavy atom. The second kappa shape index (κ2) is 3.97. The standard InChI is InChI=1S/C14H16O4/c1-7(15)17-13-9-3-4-10(13)12-6-5-11(9)14(12)18-8(2)16/h3-6,9-14H,1-2H3. The number of rotatable bonds is 2. The number of carbonyl (C=O) groups excluding carboxylic acids is 2. The highest BCUT2D eigenvalue weighted by atomic mass is 16.6. The van der Waals surface area contributed by atoms with Crippen LogP contribution in [0.4, 0.5) is 0 Å². The Bertz CT molecular complexity index is 385. The van der Waals surface area contributed by atoms with Gasteiger partial charge in [0.2, 0.25) is 0 Å². The van der Waals surface area contributed by atoms with E-state index in [1.54, 1.807) is 0 Å². The molecule has 0 saturated heterocycles. The molecule has 1 saturated carbocycles. The van der Waals surface area contributed by atoms with E-state index >= 15 is 0 Å². The smallest absolute Gasteiger partial charge is 0.302 e. The van der Waals surface area contributed by atoms with Crippen LogP contribution in [0.25, 0.3) is 0 Å². The molecular formula is C14H16O4. The van der Waals surface area contributed by atoms with E-state index in [0.29, 0.717) is 0 Å². The molecule has 0 amide bonds. The van der Waals surface area contributed by atoms with Gasteiger partial charge in [-0.3, -0.25) is 9.59 Å². The minimum absolute atomic E-state index is 0.0979. The Balaban J connectivity index is 1.84. The van der Waals surface area contributed by atoms with Crippen LogP contribution in [0.5, 0.6) is 0 Å². The van der Waals surface area contributed by atoms with Crippen LogP contribution in [0.2, 0.25) is 0 Å². The molecule has 96 valence electrons. The Kier molecular flexibility index (Phi) is 2.54. The van der Waals surface area contributed by atoms with Gasteiger partial charge in [-0.1, -0.05) is 24.3 Å². The molecule has 1 fully saturated rings. The van der Waals surface area contributed by atoms with Gasteiger partial charge in [0, 0.05) is 37.5 Å². The predicted molar refractivity (Wildman–Crippen MR) is 63.3 cm³/mol. The van der Waals surface area contributed by atoms with E-state index in [9.17, 15) is 9.59 Å². The molecule has 0 aromatic rings. The number of fused-ring (bicyclic) bond motifs is 6. The van der Waals surface area contributed by atoms with Gasteiger partial charge in [-0.2, -0.15) is 0 Å². The molecule has 0 N–H and O–H groups in total. The van der Waals surface area contributed by atoms with Gasteiger partial charge in [0.25, 0.3) is 0 Å². The maximum atomic E-state index is 11.2. The monoisotopic (exact) mass is 248 g/mol. The van der Waals surface area contributed by atoms with E-state index in [0.717, 1.165) is 0 Å². The highest BCUT2D eigenvalue weighted by Crippen LogP contribution is 2.51. The van der Waals surface area contributed by atoms with Crippen molar-refractivity contribution in [2.45, 2.75) is 26.1 Å². The summed E-state index contributed by atoms with van der Waals surface area (Å²) < 4.78 is 10.9. The fourth-order valence-corrected chi connectivity index (χ4v) is 3.55. The number of hydrogen-bond donors (Lipinski definition) is 0. The van der Waals surface area contributed by atoms with Crippen molar-refractivity contribution in [3.63, 3.8) is 0 Å². The Hall–Kier alpha value is -1.58. The van der Waals surface area contributed by atoms with Crippen LogP contribution in [0.15, 0.2) is 24.3 Å². The Morgan fingerprint density at radius 1 is 0.722 bits per heavy atom. The molecular weight excluding hydrogens is 232 g/mol. The van der Waals surface area contributed by atoms with Crippen LogP contribution in [0.3, 0.4) is 0 Å². The fraction of sp³-hybridized carbons (Fsp3) is 0.571. The van der Waals surface area contributed by atoms with Gasteiger partial charge >= 0.3 is 11.9 Å². The average Bonchev–Trinajstić information content (AvgIpc) is 2.69. The normalized spacial score (nSPS) is 43.0. The molecule has 0 radical (unpaired) electrons. The number of esters is 2. The highest BCUT2D eigenvalue weighted by molar-refractivity contribution is 5.67. The summed E-state index contributed by atoms with van der Waals surface area (Å²) in [6, 6.07) is 0. The van der Waals surface area contributed by atoms with Crippen molar-refractivity contribution in [3.05, 3.63) is 24.3 Å². The summed E-state index contributed by atoms with van der Waals surface area (Å²) in [7, 11) is 0. The van der Waals surface area contributed by atoms with E-state index in [1.165, 1.54) is 13.8 Å². The van der Waals surface area contributed by atoms with Crippen molar-refractivity contribution < 1.29 is 19.1 Å². The van der Waals surface area contributed by atoms with Crippen LogP contribution in [-0.4, -0.2) is 24.1 Å². The first kappa shape index (κ1) is 11.5. The number of hydrogen-bond acceptors (Lipinski definition) is 4. The van der Waals surface area contributed by atoms with Crippen molar-refractivity contribution in [2.24, 2.45) is 23.7 Å². The van der Waals surface area contributed by atoms with Gasteiger partial charge in [0.1, 0.15) is 12.2 Å². The highest BCUT2D eigenvalue weighted by Gasteiger charge is 2.55. The molecule has 4 heteroatoms. The largest absolute Gasteiger partial charge is 0.461 e. The van der Waals surface area contributed by atoms with Gasteiger partial charge in [-0.25, -0.2) is 0 Å². The molecule has 3 aliphatic carbocycles. The molecule has 0 aliphatic heterocycles. The third kappa shape index (κ3) is 1.59. The van der Waals surface area contributed by atoms with Crippen molar-refractivity contribution in [2.75, 3.05) is 0 Å². The van der Waals surface area contributed by atoms with E-state index in [2.05, 4.69) is 24.3 Å². The van der Waals surface area contributed by atoms with Gasteiger partial charge in [0.15, 0.2) is 0 Å². The van der Waals surface area contributed by atoms with Crippen LogP contribution < -0.4 is 0 Å².